The Bertz CT molecular complexity index is 190. The van der Waals surface area contributed by atoms with E-state index in [0.29, 0.717) is 19.1 Å². The lowest BCUT2D eigenvalue weighted by molar-refractivity contribution is -0.122. The van der Waals surface area contributed by atoms with Gasteiger partial charge in [-0.25, -0.2) is 0 Å². The summed E-state index contributed by atoms with van der Waals surface area (Å²) in [7, 11) is 1.69. The molecule has 2 N–H and O–H groups in total. The first-order valence-electron chi connectivity index (χ1n) is 5.89. The number of methoxy groups -OCH3 is 1. The zero-order valence-corrected chi connectivity index (χ0v) is 9.96. The van der Waals surface area contributed by atoms with Crippen LogP contribution >= 0.6 is 0 Å². The van der Waals surface area contributed by atoms with Crippen LogP contribution in [0.3, 0.4) is 0 Å². The maximum Gasteiger partial charge on any atom is 0.220 e. The molecule has 1 amide bonds. The summed E-state index contributed by atoms with van der Waals surface area (Å²) in [5.41, 5.74) is 0. The summed E-state index contributed by atoms with van der Waals surface area (Å²) in [6.07, 6.45) is 2.50. The molecule has 1 aliphatic rings. The molecule has 1 heterocycles. The van der Waals surface area contributed by atoms with Gasteiger partial charge in [-0.1, -0.05) is 0 Å². The molecule has 0 aromatic heterocycles. The van der Waals surface area contributed by atoms with Gasteiger partial charge in [0.25, 0.3) is 0 Å². The van der Waals surface area contributed by atoms with Gasteiger partial charge in [-0.2, -0.15) is 0 Å². The molecule has 1 aliphatic heterocycles. The van der Waals surface area contributed by atoms with Crippen LogP contribution in [0.1, 0.15) is 19.3 Å². The Labute approximate surface area is 96.9 Å². The van der Waals surface area contributed by atoms with Gasteiger partial charge in [-0.3, -0.25) is 4.79 Å². The van der Waals surface area contributed by atoms with Crippen molar-refractivity contribution in [1.29, 1.82) is 0 Å². The molecule has 1 atom stereocenters. The van der Waals surface area contributed by atoms with Crippen molar-refractivity contribution in [2.24, 2.45) is 0 Å². The number of hydrogen-bond acceptors (Lipinski definition) is 4. The largest absolute Gasteiger partial charge is 0.385 e. The van der Waals surface area contributed by atoms with Gasteiger partial charge in [0.2, 0.25) is 5.91 Å². The molecule has 1 saturated heterocycles. The van der Waals surface area contributed by atoms with Gasteiger partial charge in [0.05, 0.1) is 6.61 Å². The molecule has 0 aromatic carbocycles. The van der Waals surface area contributed by atoms with Crippen molar-refractivity contribution in [3.05, 3.63) is 0 Å². The van der Waals surface area contributed by atoms with E-state index in [1.807, 2.05) is 0 Å². The molecule has 1 rings (SSSR count). The Morgan fingerprint density at radius 1 is 1.44 bits per heavy atom. The Morgan fingerprint density at radius 3 is 3.00 bits per heavy atom. The third-order valence-electron chi connectivity index (χ3n) is 2.58. The summed E-state index contributed by atoms with van der Waals surface area (Å²) in [5, 5.41) is 6.20. The van der Waals surface area contributed by atoms with E-state index in [1.165, 1.54) is 0 Å². The molecule has 1 fully saturated rings. The number of amides is 1. The lowest BCUT2D eigenvalue weighted by atomic mass is 10.1. The Balaban J connectivity index is 1.85. The van der Waals surface area contributed by atoms with E-state index in [0.717, 1.165) is 39.1 Å². The van der Waals surface area contributed by atoms with E-state index in [9.17, 15) is 4.79 Å². The van der Waals surface area contributed by atoms with Crippen molar-refractivity contribution in [3.8, 4) is 0 Å². The molecular formula is C11H22N2O3. The molecule has 5 nitrogen and oxygen atoms in total. The van der Waals surface area contributed by atoms with Gasteiger partial charge in [-0.15, -0.1) is 0 Å². The second kappa shape index (κ2) is 8.50. The number of rotatable bonds is 8. The van der Waals surface area contributed by atoms with E-state index in [4.69, 9.17) is 9.47 Å². The van der Waals surface area contributed by atoms with E-state index >= 15 is 0 Å². The third-order valence-corrected chi connectivity index (χ3v) is 2.58. The monoisotopic (exact) mass is 230 g/mol. The van der Waals surface area contributed by atoms with E-state index in [2.05, 4.69) is 10.6 Å². The number of carbonyl (C=O) groups excluding carboxylic acids is 1. The van der Waals surface area contributed by atoms with Gasteiger partial charge in [0, 0.05) is 45.9 Å². The second-order valence-electron chi connectivity index (χ2n) is 3.95. The van der Waals surface area contributed by atoms with Crippen molar-refractivity contribution in [2.75, 3.05) is 40.0 Å². The Hall–Kier alpha value is -0.650. The number of piperidine rings is 1. The summed E-state index contributed by atoms with van der Waals surface area (Å²) in [6, 6.07) is 0.403. The number of hydrogen-bond donors (Lipinski definition) is 2. The highest BCUT2D eigenvalue weighted by molar-refractivity contribution is 5.76. The zero-order chi connectivity index (χ0) is 11.6. The summed E-state index contributed by atoms with van der Waals surface area (Å²) < 4.78 is 10.3. The van der Waals surface area contributed by atoms with Crippen LogP contribution < -0.4 is 10.6 Å². The van der Waals surface area contributed by atoms with Crippen LogP contribution in [-0.4, -0.2) is 52.0 Å². The fraction of sp³-hybridized carbons (Fsp3) is 0.909. The lowest BCUT2D eigenvalue weighted by Crippen LogP contribution is -2.46. The minimum atomic E-state index is 0.161. The number of nitrogens with one attached hydrogen (secondary N) is 2. The van der Waals surface area contributed by atoms with Crippen molar-refractivity contribution < 1.29 is 14.3 Å². The summed E-state index contributed by atoms with van der Waals surface area (Å²) in [4.78, 5) is 10.9. The number of carbonyl (C=O) groups is 1. The maximum absolute atomic E-state index is 10.9. The highest BCUT2D eigenvalue weighted by Crippen LogP contribution is 2.01. The predicted octanol–water partition coefficient (Wildman–Crippen LogP) is -0.0923. The molecule has 1 unspecified atom stereocenters. The van der Waals surface area contributed by atoms with Crippen molar-refractivity contribution in [2.45, 2.75) is 25.3 Å². The SMILES string of the molecule is COCCCOCCNC1CCC(=O)NC1. The van der Waals surface area contributed by atoms with Gasteiger partial charge < -0.3 is 20.1 Å². The van der Waals surface area contributed by atoms with Gasteiger partial charge in [-0.05, 0) is 12.8 Å². The molecule has 0 aromatic rings. The quantitative estimate of drug-likeness (QED) is 0.572. The lowest BCUT2D eigenvalue weighted by Gasteiger charge is -2.23. The highest BCUT2D eigenvalue weighted by atomic mass is 16.5. The average molecular weight is 230 g/mol. The predicted molar refractivity (Wildman–Crippen MR) is 61.3 cm³/mol. The van der Waals surface area contributed by atoms with Crippen LogP contribution in [0, 0.1) is 0 Å². The fourth-order valence-electron chi connectivity index (χ4n) is 1.65. The topological polar surface area (TPSA) is 59.6 Å². The van der Waals surface area contributed by atoms with E-state index < -0.39 is 0 Å². The molecule has 0 aliphatic carbocycles. The molecule has 5 heteroatoms. The average Bonchev–Trinajstić information content (AvgIpc) is 2.30. The molecule has 0 radical (unpaired) electrons. The fourth-order valence-corrected chi connectivity index (χ4v) is 1.65. The van der Waals surface area contributed by atoms with Crippen LogP contribution in [0.25, 0.3) is 0 Å². The molecule has 0 spiro atoms. The first kappa shape index (κ1) is 13.4. The maximum atomic E-state index is 10.9. The van der Waals surface area contributed by atoms with E-state index in [1.54, 1.807) is 7.11 Å². The minimum absolute atomic E-state index is 0.161. The van der Waals surface area contributed by atoms with Crippen molar-refractivity contribution in [1.82, 2.24) is 10.6 Å². The third kappa shape index (κ3) is 6.05. The molecule has 0 saturated carbocycles. The van der Waals surface area contributed by atoms with Crippen LogP contribution in [0.15, 0.2) is 0 Å². The van der Waals surface area contributed by atoms with Gasteiger partial charge in [0.1, 0.15) is 0 Å². The summed E-state index contributed by atoms with van der Waals surface area (Å²) in [6.45, 7) is 3.79. The molecule has 0 bridgehead atoms. The molecule has 16 heavy (non-hydrogen) atoms. The smallest absolute Gasteiger partial charge is 0.220 e. The van der Waals surface area contributed by atoms with E-state index in [-0.39, 0.29) is 5.91 Å². The van der Waals surface area contributed by atoms with Crippen LogP contribution in [0.5, 0.6) is 0 Å². The zero-order valence-electron chi connectivity index (χ0n) is 9.96. The Kier molecular flexibility index (Phi) is 7.12. The summed E-state index contributed by atoms with van der Waals surface area (Å²) >= 11 is 0. The first-order chi connectivity index (χ1) is 7.83. The van der Waals surface area contributed by atoms with Crippen molar-refractivity contribution >= 4 is 5.91 Å². The normalized spacial score (nSPS) is 20.8. The molecular weight excluding hydrogens is 208 g/mol. The standard InChI is InChI=1S/C11H22N2O3/c1-15-6-2-7-16-8-5-12-10-3-4-11(14)13-9-10/h10,12H,2-9H2,1H3,(H,13,14). The van der Waals surface area contributed by atoms with Crippen LogP contribution in [0.4, 0.5) is 0 Å². The second-order valence-corrected chi connectivity index (χ2v) is 3.95. The molecule has 94 valence electrons. The first-order valence-corrected chi connectivity index (χ1v) is 5.89. The highest BCUT2D eigenvalue weighted by Gasteiger charge is 2.16. The van der Waals surface area contributed by atoms with Gasteiger partial charge >= 0.3 is 0 Å². The Morgan fingerprint density at radius 2 is 2.31 bits per heavy atom. The van der Waals surface area contributed by atoms with Crippen molar-refractivity contribution in [3.63, 3.8) is 0 Å². The minimum Gasteiger partial charge on any atom is -0.385 e. The van der Waals surface area contributed by atoms with Crippen LogP contribution in [-0.2, 0) is 14.3 Å². The van der Waals surface area contributed by atoms with Gasteiger partial charge in [0.15, 0.2) is 0 Å². The number of ether oxygens (including phenoxy) is 2. The van der Waals surface area contributed by atoms with Crippen LogP contribution in [0.2, 0.25) is 0 Å². The summed E-state index contributed by atoms with van der Waals surface area (Å²) in [5.74, 6) is 0.161.